The average Bonchev–Trinajstić information content (AvgIpc) is 3.15. The van der Waals surface area contributed by atoms with E-state index in [1.807, 2.05) is 30.3 Å². The Labute approximate surface area is 141 Å². The van der Waals surface area contributed by atoms with E-state index in [0.29, 0.717) is 9.79 Å². The summed E-state index contributed by atoms with van der Waals surface area (Å²) in [5.41, 5.74) is 1.62. The van der Waals surface area contributed by atoms with Gasteiger partial charge in [-0.05, 0) is 31.0 Å². The monoisotopic (exact) mass is 338 g/mol. The van der Waals surface area contributed by atoms with Crippen LogP contribution in [0.4, 0.5) is 5.69 Å². The molecule has 2 aromatic carbocycles. The van der Waals surface area contributed by atoms with E-state index in [1.54, 1.807) is 24.3 Å². The van der Waals surface area contributed by atoms with E-state index < -0.39 is 9.84 Å². The van der Waals surface area contributed by atoms with E-state index in [2.05, 4.69) is 9.88 Å². The Balaban J connectivity index is 2.00. The lowest BCUT2D eigenvalue weighted by Gasteiger charge is -2.23. The topological polar surface area (TPSA) is 50.3 Å². The second-order valence-corrected chi connectivity index (χ2v) is 7.92. The van der Waals surface area contributed by atoms with Crippen molar-refractivity contribution in [1.82, 2.24) is 4.98 Å². The van der Waals surface area contributed by atoms with Gasteiger partial charge in [0.25, 0.3) is 0 Å². The lowest BCUT2D eigenvalue weighted by molar-refractivity contribution is 0.595. The maximum atomic E-state index is 13.2. The van der Waals surface area contributed by atoms with Crippen LogP contribution in [0.25, 0.3) is 10.9 Å². The largest absolute Gasteiger partial charge is 0.370 e. The van der Waals surface area contributed by atoms with Crippen LogP contribution in [-0.4, -0.2) is 26.5 Å². The number of rotatable bonds is 3. The molecule has 1 aliphatic rings. The first-order valence-electron chi connectivity index (χ1n) is 8.11. The molecule has 0 amide bonds. The number of sulfone groups is 1. The summed E-state index contributed by atoms with van der Waals surface area (Å²) in [6.45, 7) is 1.76. The normalized spacial score (nSPS) is 15.1. The Bertz CT molecular complexity index is 979. The highest BCUT2D eigenvalue weighted by Crippen LogP contribution is 2.37. The molecule has 3 aromatic rings. The van der Waals surface area contributed by atoms with Crippen molar-refractivity contribution in [3.05, 3.63) is 60.8 Å². The molecular formula is C19H18N2O2S. The molecule has 1 fully saturated rings. The molecule has 1 aliphatic heterocycles. The fourth-order valence-corrected chi connectivity index (χ4v) is 4.75. The minimum atomic E-state index is -3.60. The number of hydrogen-bond acceptors (Lipinski definition) is 4. The van der Waals surface area contributed by atoms with Gasteiger partial charge in [-0.2, -0.15) is 0 Å². The zero-order valence-corrected chi connectivity index (χ0v) is 14.0. The van der Waals surface area contributed by atoms with Crippen LogP contribution in [0.1, 0.15) is 12.8 Å². The molecule has 0 spiro atoms. The highest BCUT2D eigenvalue weighted by atomic mass is 32.2. The summed E-state index contributed by atoms with van der Waals surface area (Å²) < 4.78 is 26.4. The zero-order valence-electron chi connectivity index (χ0n) is 13.2. The van der Waals surface area contributed by atoms with Crippen molar-refractivity contribution < 1.29 is 8.42 Å². The van der Waals surface area contributed by atoms with Gasteiger partial charge < -0.3 is 4.90 Å². The second-order valence-electron chi connectivity index (χ2n) is 6.00. The van der Waals surface area contributed by atoms with Crippen LogP contribution in [0.15, 0.2) is 70.6 Å². The van der Waals surface area contributed by atoms with E-state index in [-0.39, 0.29) is 0 Å². The van der Waals surface area contributed by atoms with E-state index in [0.717, 1.165) is 42.5 Å². The second kappa shape index (κ2) is 5.91. The molecular weight excluding hydrogens is 320 g/mol. The Hall–Kier alpha value is -2.40. The van der Waals surface area contributed by atoms with Gasteiger partial charge in [0, 0.05) is 24.7 Å². The van der Waals surface area contributed by atoms with E-state index in [4.69, 9.17) is 0 Å². The lowest BCUT2D eigenvalue weighted by atomic mass is 10.2. The van der Waals surface area contributed by atoms with Gasteiger partial charge in [-0.15, -0.1) is 0 Å². The molecule has 0 N–H and O–H groups in total. The Kier molecular flexibility index (Phi) is 3.73. The number of fused-ring (bicyclic) bond motifs is 1. The van der Waals surface area contributed by atoms with Gasteiger partial charge in [0.05, 0.1) is 16.1 Å². The smallest absolute Gasteiger partial charge is 0.210 e. The van der Waals surface area contributed by atoms with Crippen molar-refractivity contribution in [1.29, 1.82) is 0 Å². The molecule has 0 aliphatic carbocycles. The third-order valence-corrected chi connectivity index (χ3v) is 6.25. The van der Waals surface area contributed by atoms with Crippen molar-refractivity contribution in [2.24, 2.45) is 0 Å². The SMILES string of the molecule is O=S(=O)(c1ccccc1)c1cnc2ccccc2c1N1CCCC1. The van der Waals surface area contributed by atoms with E-state index in [9.17, 15) is 8.42 Å². The maximum Gasteiger partial charge on any atom is 0.210 e. The molecule has 0 radical (unpaired) electrons. The number of aromatic nitrogens is 1. The minimum Gasteiger partial charge on any atom is -0.370 e. The fraction of sp³-hybridized carbons (Fsp3) is 0.211. The Morgan fingerprint density at radius 1 is 0.875 bits per heavy atom. The standard InChI is InChI=1S/C19H18N2O2S/c22-24(23,15-8-2-1-3-9-15)18-14-20-17-11-5-4-10-16(17)19(18)21-12-6-7-13-21/h1-5,8-11,14H,6-7,12-13H2. The van der Waals surface area contributed by atoms with E-state index >= 15 is 0 Å². The third-order valence-electron chi connectivity index (χ3n) is 4.48. The van der Waals surface area contributed by atoms with Gasteiger partial charge in [-0.1, -0.05) is 36.4 Å². The summed E-state index contributed by atoms with van der Waals surface area (Å²) in [6, 6.07) is 16.3. The highest BCUT2D eigenvalue weighted by Gasteiger charge is 2.27. The number of nitrogens with zero attached hydrogens (tertiary/aromatic N) is 2. The Morgan fingerprint density at radius 2 is 1.54 bits per heavy atom. The number of hydrogen-bond donors (Lipinski definition) is 0. The summed E-state index contributed by atoms with van der Waals surface area (Å²) in [6.07, 6.45) is 3.68. The predicted octanol–water partition coefficient (Wildman–Crippen LogP) is 3.67. The molecule has 2 heterocycles. The molecule has 1 saturated heterocycles. The van der Waals surface area contributed by atoms with Crippen molar-refractivity contribution in [3.8, 4) is 0 Å². The number of pyridine rings is 1. The molecule has 0 atom stereocenters. The van der Waals surface area contributed by atoms with Crippen molar-refractivity contribution in [2.45, 2.75) is 22.6 Å². The first-order chi connectivity index (χ1) is 11.7. The van der Waals surface area contributed by atoms with Gasteiger partial charge in [-0.3, -0.25) is 4.98 Å². The molecule has 4 nitrogen and oxygen atoms in total. The molecule has 4 rings (SSSR count). The quantitative estimate of drug-likeness (QED) is 0.731. The van der Waals surface area contributed by atoms with Crippen LogP contribution < -0.4 is 4.90 Å². The van der Waals surface area contributed by atoms with Crippen molar-refractivity contribution in [2.75, 3.05) is 18.0 Å². The van der Waals surface area contributed by atoms with E-state index in [1.165, 1.54) is 6.20 Å². The summed E-state index contributed by atoms with van der Waals surface area (Å²) in [5.74, 6) is 0. The first kappa shape index (κ1) is 15.1. The van der Waals surface area contributed by atoms with Crippen molar-refractivity contribution >= 4 is 26.4 Å². The van der Waals surface area contributed by atoms with Crippen LogP contribution in [0.3, 0.4) is 0 Å². The van der Waals surface area contributed by atoms with Gasteiger partial charge in [-0.25, -0.2) is 8.42 Å². The molecule has 0 bridgehead atoms. The number of anilines is 1. The molecule has 122 valence electrons. The van der Waals surface area contributed by atoms with Gasteiger partial charge in [0.2, 0.25) is 9.84 Å². The average molecular weight is 338 g/mol. The fourth-order valence-electron chi connectivity index (χ4n) is 3.30. The molecule has 0 saturated carbocycles. The molecule has 1 aromatic heterocycles. The maximum absolute atomic E-state index is 13.2. The first-order valence-corrected chi connectivity index (χ1v) is 9.59. The molecule has 0 unspecified atom stereocenters. The Morgan fingerprint density at radius 3 is 2.29 bits per heavy atom. The number of para-hydroxylation sites is 1. The summed E-state index contributed by atoms with van der Waals surface area (Å²) >= 11 is 0. The zero-order chi connectivity index (χ0) is 16.6. The lowest BCUT2D eigenvalue weighted by Crippen LogP contribution is -2.21. The highest BCUT2D eigenvalue weighted by molar-refractivity contribution is 7.91. The van der Waals surface area contributed by atoms with Crippen LogP contribution >= 0.6 is 0 Å². The number of benzene rings is 2. The van der Waals surface area contributed by atoms with Crippen LogP contribution in [0, 0.1) is 0 Å². The van der Waals surface area contributed by atoms with Gasteiger partial charge in [0.15, 0.2) is 0 Å². The van der Waals surface area contributed by atoms with Crippen LogP contribution in [-0.2, 0) is 9.84 Å². The van der Waals surface area contributed by atoms with Crippen LogP contribution in [0.5, 0.6) is 0 Å². The van der Waals surface area contributed by atoms with Gasteiger partial charge >= 0.3 is 0 Å². The summed E-state index contributed by atoms with van der Waals surface area (Å²) in [4.78, 5) is 7.19. The summed E-state index contributed by atoms with van der Waals surface area (Å²) in [7, 11) is -3.60. The van der Waals surface area contributed by atoms with Gasteiger partial charge in [0.1, 0.15) is 4.90 Å². The third kappa shape index (κ3) is 2.45. The van der Waals surface area contributed by atoms with Crippen molar-refractivity contribution in [3.63, 3.8) is 0 Å². The molecule has 24 heavy (non-hydrogen) atoms. The minimum absolute atomic E-state index is 0.300. The van der Waals surface area contributed by atoms with Crippen LogP contribution in [0.2, 0.25) is 0 Å². The predicted molar refractivity (Wildman–Crippen MR) is 95.1 cm³/mol. The molecule has 5 heteroatoms. The summed E-state index contributed by atoms with van der Waals surface area (Å²) in [5, 5.41) is 0.899.